The molecule has 13 heteroatoms. The van der Waals surface area contributed by atoms with Crippen molar-refractivity contribution in [2.45, 2.75) is 17.4 Å². The number of halogens is 3. The van der Waals surface area contributed by atoms with E-state index in [1.165, 1.54) is 24.3 Å². The fraction of sp³-hybridized carbons (Fsp3) is 0.138. The predicted molar refractivity (Wildman–Crippen MR) is 148 cm³/mol. The van der Waals surface area contributed by atoms with Gasteiger partial charge in [0.05, 0.1) is 11.0 Å². The average Bonchev–Trinajstić information content (AvgIpc) is 3.49. The number of nitrogens with one attached hydrogen (secondary N) is 2. The lowest BCUT2D eigenvalue weighted by molar-refractivity contribution is 0.174. The summed E-state index contributed by atoms with van der Waals surface area (Å²) >= 11 is 0. The van der Waals surface area contributed by atoms with Crippen molar-refractivity contribution in [1.82, 2.24) is 20.4 Å². The molecule has 0 aliphatic rings. The molecule has 3 N–H and O–H groups in total. The molecule has 0 radical (unpaired) electrons. The van der Waals surface area contributed by atoms with Gasteiger partial charge in [0.25, 0.3) is 15.9 Å². The van der Waals surface area contributed by atoms with Crippen LogP contribution < -0.4 is 10.0 Å². The fourth-order valence-electron chi connectivity index (χ4n) is 4.04. The highest BCUT2D eigenvalue weighted by molar-refractivity contribution is 7.92. The van der Waals surface area contributed by atoms with E-state index < -0.39 is 33.6 Å². The van der Waals surface area contributed by atoms with E-state index in [0.717, 1.165) is 23.3 Å². The second-order valence-corrected chi connectivity index (χ2v) is 10.9. The van der Waals surface area contributed by atoms with E-state index in [4.69, 9.17) is 4.52 Å². The van der Waals surface area contributed by atoms with Gasteiger partial charge in [0, 0.05) is 41.3 Å². The summed E-state index contributed by atoms with van der Waals surface area (Å²) in [6.45, 7) is 0.999. The van der Waals surface area contributed by atoms with Gasteiger partial charge in [-0.1, -0.05) is 23.4 Å². The number of aromatic nitrogens is 3. The van der Waals surface area contributed by atoms with Crippen LogP contribution in [0.1, 0.15) is 17.2 Å². The second-order valence-electron chi connectivity index (χ2n) is 9.26. The highest BCUT2D eigenvalue weighted by atomic mass is 32.2. The van der Waals surface area contributed by atoms with Crippen LogP contribution in [0.3, 0.4) is 0 Å². The van der Waals surface area contributed by atoms with Crippen LogP contribution >= 0.6 is 0 Å². The Balaban J connectivity index is 1.16. The Morgan fingerprint density at radius 1 is 0.929 bits per heavy atom. The van der Waals surface area contributed by atoms with E-state index >= 15 is 0 Å². The van der Waals surface area contributed by atoms with E-state index in [2.05, 4.69) is 25.2 Å². The molecule has 216 valence electrons. The number of hydrogen-bond donors (Lipinski definition) is 3. The number of rotatable bonds is 11. The summed E-state index contributed by atoms with van der Waals surface area (Å²) in [7, 11) is -3.91. The third-order valence-corrected chi connectivity index (χ3v) is 7.68. The zero-order chi connectivity index (χ0) is 29.7. The van der Waals surface area contributed by atoms with Gasteiger partial charge in [-0.25, -0.2) is 21.6 Å². The SMILES string of the molecule is O=S(=O)(Nc1ccc(CCNCC(O)c2cccnc2)cc1)c1ccc(-c2noc(-c3cc(F)c(F)c(F)c3)n2)cc1. The first-order valence-electron chi connectivity index (χ1n) is 12.7. The van der Waals surface area contributed by atoms with Gasteiger partial charge in [0.15, 0.2) is 17.5 Å². The molecule has 0 aliphatic heterocycles. The van der Waals surface area contributed by atoms with Crippen LogP contribution in [0, 0.1) is 17.5 Å². The standard InChI is InChI=1S/C29H24F3N5O4S/c30-24-14-21(15-25(31)27(24)32)29-35-28(36-41-29)19-5-9-23(10-6-19)42(39,40)37-22-7-3-18(4-8-22)11-13-34-17-26(38)20-2-1-12-33-16-20/h1-10,12,14-16,26,34,37-38H,11,13,17H2. The van der Waals surface area contributed by atoms with Crippen LogP contribution in [0.4, 0.5) is 18.9 Å². The highest BCUT2D eigenvalue weighted by Crippen LogP contribution is 2.26. The maximum Gasteiger partial charge on any atom is 0.261 e. The highest BCUT2D eigenvalue weighted by Gasteiger charge is 2.18. The maximum absolute atomic E-state index is 13.5. The summed E-state index contributed by atoms with van der Waals surface area (Å²) in [4.78, 5) is 8.04. The molecule has 0 aliphatic carbocycles. The Labute approximate surface area is 239 Å². The third kappa shape index (κ3) is 6.82. The maximum atomic E-state index is 13.5. The second kappa shape index (κ2) is 12.5. The minimum Gasteiger partial charge on any atom is -0.387 e. The van der Waals surface area contributed by atoms with E-state index in [0.29, 0.717) is 30.8 Å². The molecule has 1 atom stereocenters. The number of aliphatic hydroxyl groups is 1. The van der Waals surface area contributed by atoms with E-state index in [1.54, 1.807) is 30.6 Å². The van der Waals surface area contributed by atoms with Crippen molar-refractivity contribution in [3.05, 3.63) is 114 Å². The van der Waals surface area contributed by atoms with Gasteiger partial charge in [-0.05, 0) is 73.1 Å². The summed E-state index contributed by atoms with van der Waals surface area (Å²) in [5, 5.41) is 17.1. The molecule has 0 saturated carbocycles. The molecule has 0 amide bonds. The molecule has 2 aromatic heterocycles. The quantitative estimate of drug-likeness (QED) is 0.146. The lowest BCUT2D eigenvalue weighted by atomic mass is 10.1. The van der Waals surface area contributed by atoms with Gasteiger partial charge in [-0.15, -0.1) is 0 Å². The fourth-order valence-corrected chi connectivity index (χ4v) is 5.09. The van der Waals surface area contributed by atoms with Crippen LogP contribution in [-0.4, -0.2) is 41.7 Å². The summed E-state index contributed by atoms with van der Waals surface area (Å²) < 4.78 is 73.7. The number of hydrogen-bond acceptors (Lipinski definition) is 8. The zero-order valence-electron chi connectivity index (χ0n) is 21.8. The van der Waals surface area contributed by atoms with Crippen molar-refractivity contribution in [2.75, 3.05) is 17.8 Å². The molecule has 1 unspecified atom stereocenters. The number of pyridine rings is 1. The number of anilines is 1. The minimum atomic E-state index is -3.91. The number of nitrogens with zero attached hydrogens (tertiary/aromatic N) is 3. The van der Waals surface area contributed by atoms with Gasteiger partial charge < -0.3 is 14.9 Å². The molecule has 0 bridgehead atoms. The monoisotopic (exact) mass is 595 g/mol. The van der Waals surface area contributed by atoms with Crippen LogP contribution in [0.2, 0.25) is 0 Å². The van der Waals surface area contributed by atoms with Gasteiger partial charge in [-0.3, -0.25) is 9.71 Å². The van der Waals surface area contributed by atoms with Crippen LogP contribution in [0.15, 0.2) is 94.6 Å². The number of aliphatic hydroxyl groups excluding tert-OH is 1. The first kappa shape index (κ1) is 28.9. The van der Waals surface area contributed by atoms with Gasteiger partial charge in [0.1, 0.15) is 0 Å². The van der Waals surface area contributed by atoms with Gasteiger partial charge in [-0.2, -0.15) is 4.98 Å². The first-order valence-corrected chi connectivity index (χ1v) is 14.2. The van der Waals surface area contributed by atoms with Crippen molar-refractivity contribution < 1.29 is 31.2 Å². The van der Waals surface area contributed by atoms with Crippen LogP contribution in [0.5, 0.6) is 0 Å². The first-order chi connectivity index (χ1) is 20.2. The van der Waals surface area contributed by atoms with Gasteiger partial charge >= 0.3 is 0 Å². The van der Waals surface area contributed by atoms with Crippen molar-refractivity contribution in [1.29, 1.82) is 0 Å². The Bertz CT molecular complexity index is 1740. The summed E-state index contributed by atoms with van der Waals surface area (Å²) in [5.74, 6) is -4.59. The Morgan fingerprint density at radius 2 is 1.64 bits per heavy atom. The zero-order valence-corrected chi connectivity index (χ0v) is 22.7. The molecule has 0 spiro atoms. The Kier molecular flexibility index (Phi) is 8.61. The summed E-state index contributed by atoms with van der Waals surface area (Å²) in [5.41, 5.74) is 2.34. The van der Waals surface area contributed by atoms with Crippen molar-refractivity contribution >= 4 is 15.7 Å². The van der Waals surface area contributed by atoms with E-state index in [-0.39, 0.29) is 22.2 Å². The topological polar surface area (TPSA) is 130 Å². The van der Waals surface area contributed by atoms with E-state index in [1.807, 2.05) is 18.2 Å². The Morgan fingerprint density at radius 3 is 2.31 bits per heavy atom. The Hall–Kier alpha value is -4.59. The van der Waals surface area contributed by atoms with E-state index in [9.17, 15) is 26.7 Å². The lowest BCUT2D eigenvalue weighted by Gasteiger charge is -2.12. The summed E-state index contributed by atoms with van der Waals surface area (Å²) in [6, 6.07) is 17.6. The normalized spacial score (nSPS) is 12.3. The van der Waals surface area contributed by atoms with Crippen molar-refractivity contribution in [3.63, 3.8) is 0 Å². The molecule has 3 aromatic carbocycles. The third-order valence-electron chi connectivity index (χ3n) is 6.28. The molecule has 5 aromatic rings. The molecular weight excluding hydrogens is 571 g/mol. The minimum absolute atomic E-state index is 0.0157. The number of benzene rings is 3. The van der Waals surface area contributed by atoms with Crippen molar-refractivity contribution in [2.24, 2.45) is 0 Å². The van der Waals surface area contributed by atoms with Crippen molar-refractivity contribution in [3.8, 4) is 22.8 Å². The molecule has 2 heterocycles. The molecule has 0 saturated heterocycles. The smallest absolute Gasteiger partial charge is 0.261 e. The lowest BCUT2D eigenvalue weighted by Crippen LogP contribution is -2.23. The summed E-state index contributed by atoms with van der Waals surface area (Å²) in [6.07, 6.45) is 3.28. The van der Waals surface area contributed by atoms with Gasteiger partial charge in [0.2, 0.25) is 5.82 Å². The molecule has 42 heavy (non-hydrogen) atoms. The molecular formula is C29H24F3N5O4S. The number of sulfonamides is 1. The van der Waals surface area contributed by atoms with Crippen LogP contribution in [-0.2, 0) is 16.4 Å². The molecule has 5 rings (SSSR count). The predicted octanol–water partition coefficient (Wildman–Crippen LogP) is 4.88. The average molecular weight is 596 g/mol. The van der Waals surface area contributed by atoms with Crippen LogP contribution in [0.25, 0.3) is 22.8 Å². The molecule has 0 fully saturated rings. The molecule has 9 nitrogen and oxygen atoms in total. The largest absolute Gasteiger partial charge is 0.387 e.